The van der Waals surface area contributed by atoms with E-state index in [1.54, 1.807) is 77.3 Å². The maximum atomic E-state index is 12.5. The highest BCUT2D eigenvalue weighted by Gasteiger charge is 2.31. The van der Waals surface area contributed by atoms with Crippen molar-refractivity contribution in [3.8, 4) is 52.4 Å². The van der Waals surface area contributed by atoms with Gasteiger partial charge in [-0.05, 0) is 197 Å². The van der Waals surface area contributed by atoms with Gasteiger partial charge in [0.25, 0.3) is 11.8 Å². The van der Waals surface area contributed by atoms with Crippen LogP contribution in [0.5, 0.6) is 0 Å². The summed E-state index contributed by atoms with van der Waals surface area (Å²) in [4.78, 5) is 121. The molecule has 41 heteroatoms. The Morgan fingerprint density at radius 3 is 1.15 bits per heavy atom. The standard InChI is InChI=1S/C25H28N8O2.C24H26N8O.C20H22N8O.C15H20ClN5O2.C5HCl2N3/c1-25(2,3)35-24(34)33-13-4-6-19(16-33)30-21-15-29-20(14-26)23(32-21)31-18-9-7-17(8-10-18)22-27-11-5-12-28-22;1-3-16(2)32-13-4-6-19(15-32)29-20-14-28-21(22(25)33)24(31-20)30-18-9-7-17(8-10-18)23-26-11-5-12-27-23;21-18(29)17-20(28-16(12-25-17)26-15-3-1-8-22-11-15)27-14-6-4-13(5-7-14)19-23-9-2-10-24-19;1-15(2,3)23-14(22)21-6-4-5-10(9-21)19-12-8-18-11(7-17)13(16)20-12;6-4-2-9-3(1-8)5(7)10-4/h5,7-12,15,19H,4,6,13,16H2,1-3H3,(H2,30,31,32);3,5,7-12,14,19H,1-2,4,6,13,15H2,(H2,25,33)(H2,29,30,31);2,4-7,9-10,12,15,22H,1,3,8,11H2,(H2,21,29)(H2,26,27,28);8,10H,4-6,9H2,1-3H3,(H,19,20);2H/t2*19-;15-;10-;/m0000./s1. The number of nitrogens with two attached hydrogens (primary N) is 2. The first kappa shape index (κ1) is 95.6. The fraction of sp³-hybridized carbons (Fsp3) is 0.315. The van der Waals surface area contributed by atoms with Crippen molar-refractivity contribution in [2.24, 2.45) is 11.5 Å². The van der Waals surface area contributed by atoms with Gasteiger partial charge in [-0.15, -0.1) is 0 Å². The highest BCUT2D eigenvalue weighted by Crippen LogP contribution is 2.30. The number of carbonyl (C=O) groups is 4. The summed E-state index contributed by atoms with van der Waals surface area (Å²) in [6.45, 7) is 24.9. The van der Waals surface area contributed by atoms with Gasteiger partial charge in [0, 0.05) is 147 Å². The van der Waals surface area contributed by atoms with Crippen LogP contribution in [0.4, 0.5) is 67.4 Å². The van der Waals surface area contributed by atoms with Crippen molar-refractivity contribution in [2.45, 2.75) is 128 Å². The SMILES string of the molecule is C=CC(=C)N1CCC[C@H](Nc2cnc(C(N)=O)c(Nc3ccc(-c4ncccn4)cc3)n2)C1.CC(C)(C)OC(=O)N1CCC[C@H](Nc2cnc(C#N)c(Cl)n2)C1.CC(C)(C)OC(=O)N1CCC[C@H](Nc2cnc(C#N)c(Nc3ccc(-c4ncccn4)cc3)n2)C1.N#Cc1ncc(Cl)nc1Cl.NC(=O)c1ncc(N[C@H]2CCCNC2)nc1Nc1ccc(-c2ncccn2)cc1. The molecule has 12 heterocycles. The number of hydrogen-bond donors (Lipinski definition) is 10. The number of ether oxygens (including phenoxy) is 2. The average Bonchev–Trinajstić information content (AvgIpc) is 0.831. The second-order valence-electron chi connectivity index (χ2n) is 31.6. The van der Waals surface area contributed by atoms with Crippen LogP contribution in [0.1, 0.15) is 131 Å². The van der Waals surface area contributed by atoms with Gasteiger partial charge in [0.15, 0.2) is 73.7 Å². The van der Waals surface area contributed by atoms with Crippen LogP contribution in [0.25, 0.3) is 34.2 Å². The van der Waals surface area contributed by atoms with E-state index in [1.165, 1.54) is 31.0 Å². The lowest BCUT2D eigenvalue weighted by Gasteiger charge is -2.35. The highest BCUT2D eigenvalue weighted by molar-refractivity contribution is 6.32. The average molecular weight is 1820 g/mol. The number of aromatic nitrogens is 16. The highest BCUT2D eigenvalue weighted by atomic mass is 35.5. The van der Waals surface area contributed by atoms with Gasteiger partial charge in [-0.3, -0.25) is 9.59 Å². The van der Waals surface area contributed by atoms with Crippen LogP contribution < -0.4 is 54.0 Å². The Hall–Kier alpha value is -15.0. The zero-order chi connectivity index (χ0) is 92.7. The van der Waals surface area contributed by atoms with Crippen molar-refractivity contribution in [3.05, 3.63) is 228 Å². The van der Waals surface area contributed by atoms with Crippen molar-refractivity contribution in [3.63, 3.8) is 0 Å². The number of primary amides is 2. The Balaban J connectivity index is 0.000000163. The molecule has 0 bridgehead atoms. The van der Waals surface area contributed by atoms with E-state index in [9.17, 15) is 24.4 Å². The van der Waals surface area contributed by atoms with Crippen LogP contribution >= 0.6 is 34.8 Å². The molecule has 4 aliphatic rings. The number of allylic oxidation sites excluding steroid dienone is 1. The molecule has 4 fully saturated rings. The van der Waals surface area contributed by atoms with Gasteiger partial charge in [-0.1, -0.05) is 48.0 Å². The quantitative estimate of drug-likeness (QED) is 0.0299. The van der Waals surface area contributed by atoms with E-state index in [4.69, 9.17) is 66.3 Å². The van der Waals surface area contributed by atoms with E-state index in [0.717, 1.165) is 117 Å². The van der Waals surface area contributed by atoms with Gasteiger partial charge in [-0.25, -0.2) is 89.3 Å². The monoisotopic (exact) mass is 1810 g/mol. The minimum Gasteiger partial charge on any atom is -0.444 e. The lowest BCUT2D eigenvalue weighted by Crippen LogP contribution is -2.47. The first-order chi connectivity index (χ1) is 62.5. The minimum atomic E-state index is -0.656. The summed E-state index contributed by atoms with van der Waals surface area (Å²) in [5.41, 5.74) is 16.3. The Kier molecular flexibility index (Phi) is 34.2. The number of nitrogens with zero attached hydrogens (tertiary/aromatic N) is 22. The summed E-state index contributed by atoms with van der Waals surface area (Å²) in [6.07, 6.45) is 26.3. The van der Waals surface area contributed by atoms with Crippen LogP contribution in [0.3, 0.4) is 0 Å². The third-order valence-electron chi connectivity index (χ3n) is 19.4. The Bertz CT molecular complexity index is 5830. The van der Waals surface area contributed by atoms with Gasteiger partial charge >= 0.3 is 12.2 Å². The molecule has 0 radical (unpaired) electrons. The van der Waals surface area contributed by atoms with Crippen LogP contribution in [0.2, 0.25) is 15.5 Å². The van der Waals surface area contributed by atoms with Crippen LogP contribution in [0, 0.1) is 34.0 Å². The van der Waals surface area contributed by atoms with E-state index in [2.05, 4.69) is 146 Å². The van der Waals surface area contributed by atoms with E-state index in [0.29, 0.717) is 84.4 Å². The Morgan fingerprint density at radius 2 is 0.792 bits per heavy atom. The molecule has 4 aliphatic heterocycles. The first-order valence-electron chi connectivity index (χ1n) is 41.4. The number of nitrogens with one attached hydrogen (secondary N) is 8. The van der Waals surface area contributed by atoms with E-state index >= 15 is 0 Å². The van der Waals surface area contributed by atoms with Gasteiger partial charge in [-0.2, -0.15) is 15.8 Å². The summed E-state index contributed by atoms with van der Waals surface area (Å²) in [6, 6.07) is 34.0. The minimum absolute atomic E-state index is 0.00323. The summed E-state index contributed by atoms with van der Waals surface area (Å²) in [5.74, 6) is 3.75. The molecule has 0 unspecified atom stereocenters. The molecular weight excluding hydrogens is 1720 g/mol. The number of piperidine rings is 4. The number of hydrogen-bond acceptors (Lipinski definition) is 34. The smallest absolute Gasteiger partial charge is 0.410 e. The molecule has 8 aromatic heterocycles. The maximum Gasteiger partial charge on any atom is 0.410 e. The van der Waals surface area contributed by atoms with Crippen LogP contribution in [-0.4, -0.2) is 206 Å². The molecule has 12 N–H and O–H groups in total. The zero-order valence-corrected chi connectivity index (χ0v) is 74.5. The first-order valence-corrected chi connectivity index (χ1v) is 42.5. The molecule has 4 atom stereocenters. The zero-order valence-electron chi connectivity index (χ0n) is 72.2. The molecule has 130 heavy (non-hydrogen) atoms. The molecule has 0 saturated carbocycles. The maximum absolute atomic E-state index is 12.5. The summed E-state index contributed by atoms with van der Waals surface area (Å²) >= 11 is 16.7. The van der Waals surface area contributed by atoms with Crippen LogP contribution in [0.15, 0.2) is 184 Å². The number of carbonyl (C=O) groups excluding carboxylic acids is 4. The molecule has 0 aliphatic carbocycles. The fourth-order valence-electron chi connectivity index (χ4n) is 13.3. The lowest BCUT2D eigenvalue weighted by atomic mass is 10.1. The number of anilines is 10. The molecule has 15 rings (SSSR count). The molecule has 4 amide bonds. The van der Waals surface area contributed by atoms with Crippen LogP contribution in [-0.2, 0) is 9.47 Å². The molecular formula is C89H97Cl3N32O6. The van der Waals surface area contributed by atoms with Gasteiger partial charge in [0.2, 0.25) is 0 Å². The molecule has 4 saturated heterocycles. The molecule has 3 aromatic carbocycles. The molecule has 0 spiro atoms. The van der Waals surface area contributed by atoms with Crippen molar-refractivity contribution >= 4 is 117 Å². The van der Waals surface area contributed by atoms with Crippen molar-refractivity contribution in [2.75, 3.05) is 89.6 Å². The van der Waals surface area contributed by atoms with Crippen molar-refractivity contribution in [1.29, 1.82) is 15.8 Å². The largest absolute Gasteiger partial charge is 0.444 e. The van der Waals surface area contributed by atoms with Gasteiger partial charge < -0.3 is 78.2 Å². The second-order valence-corrected chi connectivity index (χ2v) is 32.7. The molecule has 11 aromatic rings. The molecule has 38 nitrogen and oxygen atoms in total. The lowest BCUT2D eigenvalue weighted by molar-refractivity contribution is 0.0196. The number of likely N-dealkylation sites (tertiary alicyclic amines) is 3. The predicted octanol–water partition coefficient (Wildman–Crippen LogP) is 14.1. The molecule has 670 valence electrons. The van der Waals surface area contributed by atoms with Gasteiger partial charge in [0.1, 0.15) is 57.8 Å². The third kappa shape index (κ3) is 29.3. The number of amides is 4. The number of nitriles is 3. The normalized spacial score (nSPS) is 15.7. The third-order valence-corrected chi connectivity index (χ3v) is 20.1. The second kappa shape index (κ2) is 46.4. The van der Waals surface area contributed by atoms with Crippen molar-refractivity contribution in [1.82, 2.24) is 99.8 Å². The topological polar surface area (TPSA) is 522 Å². The van der Waals surface area contributed by atoms with E-state index < -0.39 is 23.0 Å². The number of halogens is 3. The number of rotatable bonds is 21. The Labute approximate surface area is 766 Å². The number of benzene rings is 3. The fourth-order valence-corrected chi connectivity index (χ4v) is 13.9. The summed E-state index contributed by atoms with van der Waals surface area (Å²) in [5, 5.41) is 53.1. The van der Waals surface area contributed by atoms with Crippen molar-refractivity contribution < 1.29 is 28.7 Å². The summed E-state index contributed by atoms with van der Waals surface area (Å²) < 4.78 is 10.9. The predicted molar refractivity (Wildman–Crippen MR) is 495 cm³/mol. The van der Waals surface area contributed by atoms with Gasteiger partial charge in [0.05, 0.1) is 31.0 Å². The van der Waals surface area contributed by atoms with E-state index in [1.807, 2.05) is 120 Å². The Morgan fingerprint density at radius 1 is 0.454 bits per heavy atom. The summed E-state index contributed by atoms with van der Waals surface area (Å²) in [7, 11) is 0. The van der Waals surface area contributed by atoms with E-state index in [-0.39, 0.29) is 80.3 Å².